The van der Waals surface area contributed by atoms with Crippen LogP contribution < -0.4 is 5.32 Å². The van der Waals surface area contributed by atoms with Crippen molar-refractivity contribution in [3.63, 3.8) is 0 Å². The molecule has 0 bridgehead atoms. The molecule has 2 heterocycles. The molecular formula is C11H11N3O2S3. The Morgan fingerprint density at radius 2 is 2.00 bits per heavy atom. The molecule has 0 fully saturated rings. The minimum Gasteiger partial charge on any atom is -0.296 e. The molecule has 0 saturated carbocycles. The highest BCUT2D eigenvalue weighted by atomic mass is 32.2. The van der Waals surface area contributed by atoms with Crippen LogP contribution in [0.3, 0.4) is 0 Å². The molecule has 1 amide bonds. The van der Waals surface area contributed by atoms with E-state index >= 15 is 0 Å². The van der Waals surface area contributed by atoms with E-state index in [-0.39, 0.29) is 11.7 Å². The molecule has 0 atom stereocenters. The lowest BCUT2D eigenvalue weighted by atomic mass is 10.3. The first kappa shape index (κ1) is 14.2. The molecule has 0 unspecified atom stereocenters. The van der Waals surface area contributed by atoms with Crippen LogP contribution in [0.25, 0.3) is 0 Å². The molecular weight excluding hydrogens is 302 g/mol. The van der Waals surface area contributed by atoms with Crippen LogP contribution in [0.15, 0.2) is 16.5 Å². The number of carbonyl (C=O) groups excluding carboxylic acids is 2. The summed E-state index contributed by atoms with van der Waals surface area (Å²) in [6.07, 6.45) is 0. The smallest absolute Gasteiger partial charge is 0.267 e. The fourth-order valence-electron chi connectivity index (χ4n) is 1.25. The molecule has 19 heavy (non-hydrogen) atoms. The van der Waals surface area contributed by atoms with Crippen LogP contribution in [0.1, 0.15) is 33.2 Å². The number of nitrogens with zero attached hydrogens (tertiary/aromatic N) is 2. The lowest BCUT2D eigenvalue weighted by molar-refractivity contribution is 0.101. The second-order valence-electron chi connectivity index (χ2n) is 3.48. The largest absolute Gasteiger partial charge is 0.296 e. The Morgan fingerprint density at radius 1 is 1.26 bits per heavy atom. The summed E-state index contributed by atoms with van der Waals surface area (Å²) >= 11 is 4.09. The van der Waals surface area contributed by atoms with E-state index in [0.717, 1.165) is 10.1 Å². The predicted molar refractivity (Wildman–Crippen MR) is 78.6 cm³/mol. The molecule has 0 aromatic carbocycles. The van der Waals surface area contributed by atoms with Crippen molar-refractivity contribution < 1.29 is 9.59 Å². The fraction of sp³-hybridized carbons (Fsp3) is 0.273. The van der Waals surface area contributed by atoms with Gasteiger partial charge in [0.25, 0.3) is 5.91 Å². The maximum atomic E-state index is 11.9. The Hall–Kier alpha value is -1.25. The summed E-state index contributed by atoms with van der Waals surface area (Å²) in [5, 5.41) is 11.0. The number of ketones is 1. The number of nitrogens with one attached hydrogen (secondary N) is 1. The van der Waals surface area contributed by atoms with Gasteiger partial charge in [-0.25, -0.2) is 0 Å². The summed E-state index contributed by atoms with van der Waals surface area (Å²) in [4.78, 5) is 24.2. The van der Waals surface area contributed by atoms with Gasteiger partial charge >= 0.3 is 0 Å². The van der Waals surface area contributed by atoms with Crippen LogP contribution >= 0.6 is 34.4 Å². The van der Waals surface area contributed by atoms with Gasteiger partial charge in [-0.15, -0.1) is 21.5 Å². The summed E-state index contributed by atoms with van der Waals surface area (Å²) in [5.41, 5.74) is 0. The van der Waals surface area contributed by atoms with Gasteiger partial charge in [-0.05, 0) is 24.8 Å². The molecule has 2 aromatic rings. The maximum Gasteiger partial charge on any atom is 0.267 e. The van der Waals surface area contributed by atoms with Crippen molar-refractivity contribution in [1.29, 1.82) is 0 Å². The summed E-state index contributed by atoms with van der Waals surface area (Å²) in [7, 11) is 0. The molecule has 5 nitrogen and oxygen atoms in total. The third-order valence-corrected chi connectivity index (χ3v) is 5.11. The Morgan fingerprint density at radius 3 is 2.63 bits per heavy atom. The lowest BCUT2D eigenvalue weighted by Gasteiger charge is -1.96. The first-order chi connectivity index (χ1) is 9.10. The van der Waals surface area contributed by atoms with Gasteiger partial charge in [0, 0.05) is 0 Å². The molecule has 8 heteroatoms. The number of carbonyl (C=O) groups is 2. The van der Waals surface area contributed by atoms with Crippen molar-refractivity contribution in [3.05, 3.63) is 21.9 Å². The monoisotopic (exact) mass is 313 g/mol. The SMILES string of the molecule is CCSc1nnc(NC(=O)c2ccc(C(C)=O)s2)s1. The first-order valence-corrected chi connectivity index (χ1v) is 8.10. The first-order valence-electron chi connectivity index (χ1n) is 5.48. The van der Waals surface area contributed by atoms with E-state index in [4.69, 9.17) is 0 Å². The predicted octanol–water partition coefficient (Wildman–Crippen LogP) is 3.17. The van der Waals surface area contributed by atoms with Crippen LogP contribution in [0.4, 0.5) is 5.13 Å². The third kappa shape index (κ3) is 3.62. The zero-order chi connectivity index (χ0) is 13.8. The quantitative estimate of drug-likeness (QED) is 0.521. The van der Waals surface area contributed by atoms with Crippen molar-refractivity contribution in [2.75, 3.05) is 11.1 Å². The van der Waals surface area contributed by atoms with Crippen LogP contribution in [-0.4, -0.2) is 27.6 Å². The summed E-state index contributed by atoms with van der Waals surface area (Å²) < 4.78 is 0.827. The molecule has 0 spiro atoms. The van der Waals surface area contributed by atoms with Crippen LogP contribution in [0.5, 0.6) is 0 Å². The van der Waals surface area contributed by atoms with Crippen molar-refractivity contribution in [2.24, 2.45) is 0 Å². The van der Waals surface area contributed by atoms with Gasteiger partial charge < -0.3 is 0 Å². The van der Waals surface area contributed by atoms with Crippen molar-refractivity contribution in [1.82, 2.24) is 10.2 Å². The van der Waals surface area contributed by atoms with E-state index in [9.17, 15) is 9.59 Å². The highest BCUT2D eigenvalue weighted by Gasteiger charge is 2.13. The molecule has 0 aliphatic heterocycles. The van der Waals surface area contributed by atoms with E-state index in [1.807, 2.05) is 6.92 Å². The van der Waals surface area contributed by atoms with Crippen molar-refractivity contribution >= 4 is 51.3 Å². The Balaban J connectivity index is 2.04. The molecule has 2 aromatic heterocycles. The highest BCUT2D eigenvalue weighted by Crippen LogP contribution is 2.26. The van der Waals surface area contributed by atoms with E-state index in [2.05, 4.69) is 15.5 Å². The average molecular weight is 313 g/mol. The number of anilines is 1. The van der Waals surface area contributed by atoms with E-state index in [1.165, 1.54) is 29.6 Å². The lowest BCUT2D eigenvalue weighted by Crippen LogP contribution is -2.09. The highest BCUT2D eigenvalue weighted by molar-refractivity contribution is 8.01. The van der Waals surface area contributed by atoms with Crippen molar-refractivity contribution in [3.8, 4) is 0 Å². The minimum absolute atomic E-state index is 0.0402. The summed E-state index contributed by atoms with van der Waals surface area (Å²) in [6, 6.07) is 3.29. The van der Waals surface area contributed by atoms with Gasteiger partial charge in [0.05, 0.1) is 9.75 Å². The zero-order valence-electron chi connectivity index (χ0n) is 10.3. The summed E-state index contributed by atoms with van der Waals surface area (Å²) in [6.45, 7) is 3.51. The maximum absolute atomic E-state index is 11.9. The van der Waals surface area contributed by atoms with Crippen LogP contribution in [0, 0.1) is 0 Å². The molecule has 0 radical (unpaired) electrons. The number of hydrogen-bond acceptors (Lipinski definition) is 7. The number of rotatable bonds is 5. The normalized spacial score (nSPS) is 10.4. The number of amides is 1. The fourth-order valence-corrected chi connectivity index (χ4v) is 3.69. The molecule has 0 aliphatic carbocycles. The Labute approximate surface area is 122 Å². The second-order valence-corrected chi connectivity index (χ2v) is 7.05. The third-order valence-electron chi connectivity index (χ3n) is 2.07. The van der Waals surface area contributed by atoms with E-state index in [1.54, 1.807) is 23.9 Å². The minimum atomic E-state index is -0.262. The number of thioether (sulfide) groups is 1. The average Bonchev–Trinajstić information content (AvgIpc) is 2.98. The van der Waals surface area contributed by atoms with Crippen LogP contribution in [0.2, 0.25) is 0 Å². The Bertz CT molecular complexity index is 606. The number of hydrogen-bond donors (Lipinski definition) is 1. The number of Topliss-reactive ketones (excluding diaryl/α,β-unsaturated/α-hetero) is 1. The molecule has 100 valence electrons. The van der Waals surface area contributed by atoms with Gasteiger partial charge in [0.2, 0.25) is 5.13 Å². The van der Waals surface area contributed by atoms with Gasteiger partial charge in [-0.1, -0.05) is 30.0 Å². The topological polar surface area (TPSA) is 72.0 Å². The standard InChI is InChI=1S/C11H11N3O2S3/c1-3-17-11-14-13-10(19-11)12-9(16)8-5-4-7(18-8)6(2)15/h4-5H,3H2,1-2H3,(H,12,13,16). The number of thiophene rings is 1. The molecule has 0 aliphatic rings. The van der Waals surface area contributed by atoms with Crippen LogP contribution in [-0.2, 0) is 0 Å². The van der Waals surface area contributed by atoms with Crippen molar-refractivity contribution in [2.45, 2.75) is 18.2 Å². The zero-order valence-corrected chi connectivity index (χ0v) is 12.7. The van der Waals surface area contributed by atoms with Gasteiger partial charge in [-0.3, -0.25) is 14.9 Å². The second kappa shape index (κ2) is 6.27. The van der Waals surface area contributed by atoms with Gasteiger partial charge in [-0.2, -0.15) is 0 Å². The van der Waals surface area contributed by atoms with Gasteiger partial charge in [0.1, 0.15) is 0 Å². The Kier molecular flexibility index (Phi) is 4.67. The van der Waals surface area contributed by atoms with E-state index in [0.29, 0.717) is 14.9 Å². The molecule has 0 saturated heterocycles. The molecule has 2 rings (SSSR count). The molecule has 1 N–H and O–H groups in total. The van der Waals surface area contributed by atoms with Gasteiger partial charge in [0.15, 0.2) is 10.1 Å². The summed E-state index contributed by atoms with van der Waals surface area (Å²) in [5.74, 6) is 0.610. The number of aromatic nitrogens is 2. The van der Waals surface area contributed by atoms with E-state index < -0.39 is 0 Å².